The Kier molecular flexibility index (Phi) is 10.3. The molecule has 2 N–H and O–H groups in total. The molecule has 0 atom stereocenters. The van der Waals surface area contributed by atoms with Crippen LogP contribution in [-0.2, 0) is 13.1 Å². The smallest absolute Gasteiger partial charge is 0.343 e. The lowest BCUT2D eigenvalue weighted by Gasteiger charge is -2.44. The summed E-state index contributed by atoms with van der Waals surface area (Å²) in [6.45, 7) is 0.380. The lowest BCUT2D eigenvalue weighted by Crippen LogP contribution is -2.55. The predicted molar refractivity (Wildman–Crippen MR) is 141 cm³/mol. The fourth-order valence-electron chi connectivity index (χ4n) is 3.99. The van der Waals surface area contributed by atoms with E-state index in [1.807, 2.05) is 0 Å². The summed E-state index contributed by atoms with van der Waals surface area (Å²) in [5.74, 6) is -3.12. The van der Waals surface area contributed by atoms with Crippen molar-refractivity contribution in [3.8, 4) is 0 Å². The van der Waals surface area contributed by atoms with E-state index >= 15 is 0 Å². The average Bonchev–Trinajstić information content (AvgIpc) is 2.90. The first-order valence-corrected chi connectivity index (χ1v) is 12.2. The van der Waals surface area contributed by atoms with E-state index in [4.69, 9.17) is 16.7 Å². The van der Waals surface area contributed by atoms with E-state index < -0.39 is 23.3 Å². The number of hydrogen-bond acceptors (Lipinski definition) is 5. The molecule has 2 amide bonds. The van der Waals surface area contributed by atoms with Gasteiger partial charge >= 0.3 is 6.03 Å². The third-order valence-corrected chi connectivity index (χ3v) is 6.29. The third kappa shape index (κ3) is 6.86. The summed E-state index contributed by atoms with van der Waals surface area (Å²) in [7, 11) is 3.16. The highest BCUT2D eigenvalue weighted by atomic mass is 35.5. The van der Waals surface area contributed by atoms with Crippen LogP contribution in [0.25, 0.3) is 0 Å². The van der Waals surface area contributed by atoms with Crippen LogP contribution in [0.5, 0.6) is 0 Å². The highest BCUT2D eigenvalue weighted by Gasteiger charge is 2.34. The van der Waals surface area contributed by atoms with Gasteiger partial charge in [0.05, 0.1) is 17.9 Å². The van der Waals surface area contributed by atoms with Gasteiger partial charge in [0.2, 0.25) is 0 Å². The van der Waals surface area contributed by atoms with Gasteiger partial charge in [-0.2, -0.15) is 0 Å². The molecule has 0 saturated carbocycles. The molecular formula is C27H27ClF4N4O3. The Morgan fingerprint density at radius 3 is 2.26 bits per heavy atom. The first kappa shape index (κ1) is 29.9. The predicted octanol–water partition coefficient (Wildman–Crippen LogP) is 5.29. The van der Waals surface area contributed by atoms with Gasteiger partial charge in [0.25, 0.3) is 0 Å². The van der Waals surface area contributed by atoms with Crippen LogP contribution in [0.15, 0.2) is 48.5 Å². The Hall–Kier alpha value is -3.67. The fraction of sp³-hybridized carbons (Fsp3) is 0.259. The molecule has 0 unspecified atom stereocenters. The zero-order valence-electron chi connectivity index (χ0n) is 21.2. The molecule has 1 aliphatic rings. The van der Waals surface area contributed by atoms with Crippen molar-refractivity contribution in [1.29, 1.82) is 0 Å². The first-order chi connectivity index (χ1) is 18.6. The molecule has 208 valence electrons. The van der Waals surface area contributed by atoms with Crippen LogP contribution in [0.1, 0.15) is 27.9 Å². The van der Waals surface area contributed by atoms with Crippen LogP contribution >= 0.6 is 11.6 Å². The van der Waals surface area contributed by atoms with Crippen molar-refractivity contribution in [2.45, 2.75) is 19.5 Å². The number of carbonyl (C=O) groups excluding carboxylic acids is 2. The van der Waals surface area contributed by atoms with Crippen LogP contribution in [0.2, 0.25) is 5.02 Å². The first-order valence-electron chi connectivity index (χ1n) is 11.9. The maximum absolute atomic E-state index is 14.3. The SMILES string of the molecule is CN1C(=O)N(Cc2c(F)cccc2Cl)c2cc(C=O)ccc2N1CCCO.CNCc1c(F)cc(F)cc1F. The number of aldehydes is 1. The molecule has 3 aromatic rings. The van der Waals surface area contributed by atoms with Crippen LogP contribution in [0.4, 0.5) is 33.7 Å². The average molecular weight is 567 g/mol. The van der Waals surface area contributed by atoms with Crippen molar-refractivity contribution in [2.24, 2.45) is 0 Å². The van der Waals surface area contributed by atoms with Gasteiger partial charge in [-0.05, 0) is 43.8 Å². The topological polar surface area (TPSA) is 76.1 Å². The molecule has 0 fully saturated rings. The van der Waals surface area contributed by atoms with Gasteiger partial charge in [0, 0.05) is 60.6 Å². The number of anilines is 2. The van der Waals surface area contributed by atoms with Gasteiger partial charge in [-0.15, -0.1) is 0 Å². The molecule has 3 aromatic carbocycles. The number of fused-ring (bicyclic) bond motifs is 1. The summed E-state index contributed by atoms with van der Waals surface area (Å²) in [5, 5.41) is 15.1. The Morgan fingerprint density at radius 2 is 1.67 bits per heavy atom. The molecule has 0 bridgehead atoms. The number of carbonyl (C=O) groups is 2. The highest BCUT2D eigenvalue weighted by Crippen LogP contribution is 2.38. The van der Waals surface area contributed by atoms with Crippen molar-refractivity contribution < 1.29 is 32.3 Å². The van der Waals surface area contributed by atoms with Crippen LogP contribution in [0, 0.1) is 23.3 Å². The highest BCUT2D eigenvalue weighted by molar-refractivity contribution is 6.31. The minimum Gasteiger partial charge on any atom is -0.396 e. The van der Waals surface area contributed by atoms with Crippen LogP contribution in [-0.4, -0.2) is 49.7 Å². The van der Waals surface area contributed by atoms with Crippen molar-refractivity contribution in [3.63, 3.8) is 0 Å². The zero-order valence-corrected chi connectivity index (χ0v) is 22.0. The van der Waals surface area contributed by atoms with Crippen molar-refractivity contribution in [1.82, 2.24) is 10.3 Å². The normalized spacial score (nSPS) is 12.7. The Labute approximate surface area is 228 Å². The molecule has 0 aromatic heterocycles. The third-order valence-electron chi connectivity index (χ3n) is 5.94. The van der Waals surface area contributed by atoms with Gasteiger partial charge in [-0.3, -0.25) is 14.7 Å². The van der Waals surface area contributed by atoms with E-state index in [2.05, 4.69) is 5.32 Å². The molecule has 12 heteroatoms. The number of benzene rings is 3. The van der Waals surface area contributed by atoms with Gasteiger partial charge in [0.1, 0.15) is 29.6 Å². The Morgan fingerprint density at radius 1 is 0.974 bits per heavy atom. The largest absolute Gasteiger partial charge is 0.396 e. The summed E-state index contributed by atoms with van der Waals surface area (Å²) in [6.07, 6.45) is 1.15. The number of nitrogens with one attached hydrogen (secondary N) is 1. The molecule has 0 aliphatic carbocycles. The molecule has 1 aliphatic heterocycles. The number of halogens is 5. The number of hydrazine groups is 1. The molecule has 0 saturated heterocycles. The number of urea groups is 1. The number of nitrogens with zero attached hydrogens (tertiary/aromatic N) is 3. The summed E-state index contributed by atoms with van der Waals surface area (Å²) in [5.41, 5.74) is 1.63. The number of aliphatic hydroxyl groups is 1. The number of rotatable bonds is 8. The molecule has 0 spiro atoms. The van der Waals surface area contributed by atoms with Gasteiger partial charge in [0.15, 0.2) is 0 Å². The molecule has 4 rings (SSSR count). The van der Waals surface area contributed by atoms with Crippen molar-refractivity contribution in [3.05, 3.63) is 93.5 Å². The second kappa shape index (κ2) is 13.4. The molecular weight excluding hydrogens is 540 g/mol. The summed E-state index contributed by atoms with van der Waals surface area (Å²) in [6, 6.07) is 10.3. The minimum absolute atomic E-state index is 0.0190. The van der Waals surface area contributed by atoms with Gasteiger partial charge in [-0.1, -0.05) is 17.7 Å². The summed E-state index contributed by atoms with van der Waals surface area (Å²) in [4.78, 5) is 25.6. The van der Waals surface area contributed by atoms with Crippen LogP contribution < -0.4 is 15.2 Å². The van der Waals surface area contributed by atoms with Gasteiger partial charge in [-0.25, -0.2) is 27.4 Å². The van der Waals surface area contributed by atoms with E-state index in [1.54, 1.807) is 43.4 Å². The summed E-state index contributed by atoms with van der Waals surface area (Å²) < 4.78 is 52.2. The molecule has 1 heterocycles. The van der Waals surface area contributed by atoms with E-state index in [0.29, 0.717) is 48.3 Å². The summed E-state index contributed by atoms with van der Waals surface area (Å²) >= 11 is 6.13. The minimum atomic E-state index is -0.898. The zero-order chi connectivity index (χ0) is 28.7. The van der Waals surface area contributed by atoms with E-state index in [-0.39, 0.29) is 41.9 Å². The molecule has 0 radical (unpaired) electrons. The maximum Gasteiger partial charge on any atom is 0.343 e. The number of hydrogen-bond donors (Lipinski definition) is 2. The Bertz CT molecular complexity index is 1300. The van der Waals surface area contributed by atoms with Crippen molar-refractivity contribution >= 4 is 35.3 Å². The number of amides is 2. The quantitative estimate of drug-likeness (QED) is 0.286. The second-order valence-corrected chi connectivity index (χ2v) is 8.94. The maximum atomic E-state index is 14.3. The lowest BCUT2D eigenvalue weighted by molar-refractivity contribution is 0.112. The van der Waals surface area contributed by atoms with E-state index in [1.165, 1.54) is 22.0 Å². The molecule has 39 heavy (non-hydrogen) atoms. The van der Waals surface area contributed by atoms with E-state index in [0.717, 1.165) is 0 Å². The van der Waals surface area contributed by atoms with E-state index in [9.17, 15) is 27.2 Å². The monoisotopic (exact) mass is 566 g/mol. The Balaban J connectivity index is 0.000000293. The number of aliphatic hydroxyl groups excluding tert-OH is 1. The molecule has 7 nitrogen and oxygen atoms in total. The fourth-order valence-corrected chi connectivity index (χ4v) is 4.22. The van der Waals surface area contributed by atoms with Crippen LogP contribution in [0.3, 0.4) is 0 Å². The second-order valence-electron chi connectivity index (χ2n) is 8.54. The van der Waals surface area contributed by atoms with Crippen molar-refractivity contribution in [2.75, 3.05) is 37.2 Å². The van der Waals surface area contributed by atoms with Gasteiger partial charge < -0.3 is 10.4 Å². The standard InChI is InChI=1S/C19H19ClFN3O3.C8H8F3N/c1-22-19(27)23(11-14-15(20)4-2-5-16(14)21)18-10-13(12-26)6-7-17(18)24(22)8-3-9-25;1-12-4-6-7(10)2-5(9)3-8(6)11/h2,4-7,10,12,25H,3,8-9,11H2,1H3;2-3,12H,4H2,1H3. The lowest BCUT2D eigenvalue weighted by atomic mass is 10.1.